The van der Waals surface area contributed by atoms with Gasteiger partial charge in [-0.1, -0.05) is 42.8 Å². The molecular formula is C29H29ClFN7O. The van der Waals surface area contributed by atoms with Gasteiger partial charge in [0, 0.05) is 35.3 Å². The van der Waals surface area contributed by atoms with Crippen molar-refractivity contribution in [3.05, 3.63) is 76.5 Å². The Balaban J connectivity index is 1.45. The van der Waals surface area contributed by atoms with Crippen molar-refractivity contribution < 1.29 is 10.5 Å². The highest BCUT2D eigenvalue weighted by Crippen LogP contribution is 2.39. The SMILES string of the molecule is [2H]C(Nc1cc(Cl)c2ncc(C#N)c(N[C@@H]3CCOCC3(C)C)c2c1)(c1ccc(F)cc1)c1cn(C2CC2)nn1. The number of pyridine rings is 1. The zero-order valence-corrected chi connectivity index (χ0v) is 22.5. The molecule has 1 saturated heterocycles. The Morgan fingerprint density at radius 1 is 1.26 bits per heavy atom. The van der Waals surface area contributed by atoms with E-state index in [-0.39, 0.29) is 17.5 Å². The molecule has 2 aliphatic rings. The minimum absolute atomic E-state index is 0.0567. The number of rotatable bonds is 7. The second kappa shape index (κ2) is 10.1. The molecule has 0 spiro atoms. The van der Waals surface area contributed by atoms with E-state index in [1.807, 2.05) is 6.07 Å². The molecule has 0 amide bonds. The standard InChI is InChI=1S/C29H29ClFN7O/c1-29(2)16-39-10-9-25(29)35-26-18(13-32)14-33-28-22(26)11-20(12-23(28)30)34-27(17-3-5-19(31)6-4-17)24-15-38(37-36-24)21-7-8-21/h3-6,11-12,14-15,21,25,27,34H,7-10,16H2,1-2H3,(H,33,35)/t25-,27?/m1/s1/i27D. The lowest BCUT2D eigenvalue weighted by atomic mass is 9.81. The van der Waals surface area contributed by atoms with Crippen LogP contribution in [0.15, 0.2) is 48.8 Å². The quantitative estimate of drug-likeness (QED) is 0.282. The van der Waals surface area contributed by atoms with Crippen LogP contribution in [0, 0.1) is 22.6 Å². The monoisotopic (exact) mass is 546 g/mol. The molecule has 1 unspecified atom stereocenters. The second-order valence-corrected chi connectivity index (χ2v) is 11.3. The average molecular weight is 547 g/mol. The maximum atomic E-state index is 13.8. The van der Waals surface area contributed by atoms with E-state index < -0.39 is 11.8 Å². The Labute approximate surface area is 232 Å². The number of halogens is 2. The van der Waals surface area contributed by atoms with Crippen molar-refractivity contribution in [2.24, 2.45) is 5.41 Å². The van der Waals surface area contributed by atoms with E-state index in [2.05, 4.69) is 45.8 Å². The molecule has 8 nitrogen and oxygen atoms in total. The van der Waals surface area contributed by atoms with Gasteiger partial charge in [0.2, 0.25) is 0 Å². The third-order valence-corrected chi connectivity index (χ3v) is 7.71. The Kier molecular flexibility index (Phi) is 6.30. The molecule has 0 radical (unpaired) electrons. The van der Waals surface area contributed by atoms with Gasteiger partial charge >= 0.3 is 0 Å². The van der Waals surface area contributed by atoms with Gasteiger partial charge in [0.25, 0.3) is 0 Å². The van der Waals surface area contributed by atoms with Gasteiger partial charge in [-0.25, -0.2) is 9.07 Å². The largest absolute Gasteiger partial charge is 0.381 e. The van der Waals surface area contributed by atoms with Crippen LogP contribution in [0.4, 0.5) is 15.8 Å². The number of nitrogens with zero attached hydrogens (tertiary/aromatic N) is 5. The number of nitrogens with one attached hydrogen (secondary N) is 2. The van der Waals surface area contributed by atoms with Crippen LogP contribution >= 0.6 is 11.6 Å². The van der Waals surface area contributed by atoms with Gasteiger partial charge in [0.1, 0.15) is 17.6 Å². The maximum Gasteiger partial charge on any atom is 0.123 e. The van der Waals surface area contributed by atoms with Crippen molar-refractivity contribution >= 4 is 33.9 Å². The predicted octanol–water partition coefficient (Wildman–Crippen LogP) is 6.25. The van der Waals surface area contributed by atoms with Crippen molar-refractivity contribution in [2.45, 2.75) is 51.2 Å². The lowest BCUT2D eigenvalue weighted by molar-refractivity contribution is 0.00350. The molecule has 3 heterocycles. The highest BCUT2D eigenvalue weighted by molar-refractivity contribution is 6.35. The van der Waals surface area contributed by atoms with Crippen molar-refractivity contribution in [1.29, 1.82) is 5.26 Å². The van der Waals surface area contributed by atoms with Gasteiger partial charge in [-0.3, -0.25) is 4.98 Å². The lowest BCUT2D eigenvalue weighted by Crippen LogP contribution is -2.44. The van der Waals surface area contributed by atoms with Crippen LogP contribution in [0.2, 0.25) is 5.02 Å². The summed E-state index contributed by atoms with van der Waals surface area (Å²) in [5.74, 6) is -0.400. The summed E-state index contributed by atoms with van der Waals surface area (Å²) >= 11 is 6.75. The molecule has 2 fully saturated rings. The molecular weight excluding hydrogens is 517 g/mol. The number of fused-ring (bicyclic) bond motifs is 1. The van der Waals surface area contributed by atoms with Crippen LogP contribution in [0.5, 0.6) is 0 Å². The van der Waals surface area contributed by atoms with Gasteiger partial charge in [-0.2, -0.15) is 5.26 Å². The second-order valence-electron chi connectivity index (χ2n) is 10.9. The molecule has 2 aromatic carbocycles. The van der Waals surface area contributed by atoms with Crippen molar-refractivity contribution in [1.82, 2.24) is 20.0 Å². The topological polar surface area (TPSA) is 101 Å². The Morgan fingerprint density at radius 3 is 2.77 bits per heavy atom. The molecule has 0 bridgehead atoms. The molecule has 2 atom stereocenters. The zero-order valence-electron chi connectivity index (χ0n) is 22.7. The average Bonchev–Trinajstić information content (AvgIpc) is 3.65. The molecule has 10 heteroatoms. The van der Waals surface area contributed by atoms with Crippen LogP contribution in [0.1, 0.15) is 63.4 Å². The van der Waals surface area contributed by atoms with Crippen molar-refractivity contribution in [3.63, 3.8) is 0 Å². The first-order valence-corrected chi connectivity index (χ1v) is 13.4. The van der Waals surface area contributed by atoms with Gasteiger partial charge in [0.05, 0.1) is 48.0 Å². The van der Waals surface area contributed by atoms with E-state index >= 15 is 0 Å². The summed E-state index contributed by atoms with van der Waals surface area (Å²) in [7, 11) is 0. The third-order valence-electron chi connectivity index (χ3n) is 7.42. The molecule has 4 aromatic rings. The van der Waals surface area contributed by atoms with E-state index in [1.54, 1.807) is 29.1 Å². The number of hydrogen-bond acceptors (Lipinski definition) is 7. The van der Waals surface area contributed by atoms with Crippen LogP contribution in [-0.4, -0.2) is 39.2 Å². The van der Waals surface area contributed by atoms with E-state index in [9.17, 15) is 11.0 Å². The number of hydrogen-bond donors (Lipinski definition) is 2. The van der Waals surface area contributed by atoms with E-state index in [0.29, 0.717) is 57.3 Å². The van der Waals surface area contributed by atoms with Crippen molar-refractivity contribution in [2.75, 3.05) is 23.8 Å². The van der Waals surface area contributed by atoms with Crippen molar-refractivity contribution in [3.8, 4) is 6.07 Å². The predicted molar refractivity (Wildman–Crippen MR) is 148 cm³/mol. The fourth-order valence-corrected chi connectivity index (χ4v) is 5.26. The number of ether oxygens (including phenoxy) is 1. The number of aromatic nitrogens is 4. The molecule has 1 saturated carbocycles. The van der Waals surface area contributed by atoms with Crippen LogP contribution in [0.3, 0.4) is 0 Å². The molecule has 39 heavy (non-hydrogen) atoms. The van der Waals surface area contributed by atoms with E-state index in [0.717, 1.165) is 19.3 Å². The number of nitriles is 1. The van der Waals surface area contributed by atoms with E-state index in [4.69, 9.17) is 16.3 Å². The van der Waals surface area contributed by atoms with Crippen LogP contribution in [-0.2, 0) is 4.74 Å². The zero-order chi connectivity index (χ0) is 28.1. The summed E-state index contributed by atoms with van der Waals surface area (Å²) in [5, 5.41) is 26.4. The Hall–Kier alpha value is -3.74. The van der Waals surface area contributed by atoms with Crippen LogP contribution < -0.4 is 10.6 Å². The number of benzene rings is 2. The van der Waals surface area contributed by atoms with Gasteiger partial charge in [-0.15, -0.1) is 5.10 Å². The first-order chi connectivity index (χ1) is 19.2. The highest BCUT2D eigenvalue weighted by Gasteiger charge is 2.34. The minimum atomic E-state index is -1.60. The summed E-state index contributed by atoms with van der Waals surface area (Å²) in [6.45, 7) is 5.49. The first kappa shape index (κ1) is 24.3. The number of anilines is 2. The Morgan fingerprint density at radius 2 is 2.05 bits per heavy atom. The molecule has 1 aliphatic heterocycles. The van der Waals surface area contributed by atoms with Gasteiger partial charge in [0.15, 0.2) is 0 Å². The summed E-state index contributed by atoms with van der Waals surface area (Å²) in [6.07, 6.45) is 6.11. The fraction of sp³-hybridized carbons (Fsp3) is 0.379. The molecule has 6 rings (SSSR count). The maximum absolute atomic E-state index is 13.8. The fourth-order valence-electron chi connectivity index (χ4n) is 5.00. The lowest BCUT2D eigenvalue weighted by Gasteiger charge is -2.39. The molecule has 2 N–H and O–H groups in total. The first-order valence-electron chi connectivity index (χ1n) is 13.5. The summed E-state index contributed by atoms with van der Waals surface area (Å²) in [6, 6.07) is 10.3. The highest BCUT2D eigenvalue weighted by atomic mass is 35.5. The van der Waals surface area contributed by atoms with Crippen LogP contribution in [0.25, 0.3) is 10.9 Å². The summed E-state index contributed by atoms with van der Waals surface area (Å²) < 4.78 is 30.9. The van der Waals surface area contributed by atoms with E-state index in [1.165, 1.54) is 18.3 Å². The third kappa shape index (κ3) is 5.14. The normalized spacial score (nSPS) is 20.6. The molecule has 2 aromatic heterocycles. The Bertz CT molecular complexity index is 1620. The van der Waals surface area contributed by atoms with Gasteiger partial charge in [-0.05, 0) is 49.1 Å². The van der Waals surface area contributed by atoms with Gasteiger partial charge < -0.3 is 15.4 Å². The smallest absolute Gasteiger partial charge is 0.123 e. The summed E-state index contributed by atoms with van der Waals surface area (Å²) in [4.78, 5) is 4.47. The summed E-state index contributed by atoms with van der Waals surface area (Å²) in [5.41, 5.74) is 2.78. The molecule has 1 aliphatic carbocycles. The minimum Gasteiger partial charge on any atom is -0.381 e. The molecule has 200 valence electrons.